The quantitative estimate of drug-likeness (QED) is 0.838. The van der Waals surface area contributed by atoms with Crippen LogP contribution in [0.4, 0.5) is 0 Å². The molecule has 2 heterocycles. The van der Waals surface area contributed by atoms with E-state index in [1.807, 2.05) is 12.4 Å². The fourth-order valence-corrected chi connectivity index (χ4v) is 3.09. The number of hydrogen-bond acceptors (Lipinski definition) is 3. The minimum atomic E-state index is 0.209. The van der Waals surface area contributed by atoms with E-state index in [1.54, 1.807) is 11.3 Å². The third kappa shape index (κ3) is 3.45. The van der Waals surface area contributed by atoms with Crippen LogP contribution in [-0.4, -0.2) is 16.1 Å². The number of aromatic nitrogens is 2. The molecule has 2 aromatic rings. The Balaban J connectivity index is 2.14. The van der Waals surface area contributed by atoms with Crippen molar-refractivity contribution in [2.45, 2.75) is 32.7 Å². The summed E-state index contributed by atoms with van der Waals surface area (Å²) in [6.45, 7) is 5.57. The highest BCUT2D eigenvalue weighted by Gasteiger charge is 2.19. The number of nitrogens with zero attached hydrogens (tertiary/aromatic N) is 2. The van der Waals surface area contributed by atoms with Gasteiger partial charge in [0, 0.05) is 24.3 Å². The molecule has 2 rings (SSSR count). The van der Waals surface area contributed by atoms with Crippen LogP contribution < -0.4 is 5.32 Å². The Bertz CT molecular complexity index is 471. The Labute approximate surface area is 119 Å². The van der Waals surface area contributed by atoms with E-state index in [1.165, 1.54) is 17.7 Å². The number of aryl methyl sites for hydroxylation is 1. The smallest absolute Gasteiger partial charge is 0.131 e. The molecular formula is C15H23N3S. The Hall–Kier alpha value is -1.13. The number of rotatable bonds is 7. The molecule has 0 amide bonds. The van der Waals surface area contributed by atoms with Gasteiger partial charge in [-0.2, -0.15) is 0 Å². The Morgan fingerprint density at radius 2 is 2.16 bits per heavy atom. The highest BCUT2D eigenvalue weighted by Crippen LogP contribution is 2.25. The molecule has 4 heteroatoms. The Morgan fingerprint density at radius 1 is 1.37 bits per heavy atom. The van der Waals surface area contributed by atoms with Gasteiger partial charge in [-0.25, -0.2) is 4.98 Å². The van der Waals surface area contributed by atoms with Gasteiger partial charge in [0.05, 0.1) is 0 Å². The molecule has 0 bridgehead atoms. The number of nitrogens with one attached hydrogen (secondary N) is 1. The summed E-state index contributed by atoms with van der Waals surface area (Å²) in [7, 11) is 2.06. The van der Waals surface area contributed by atoms with Gasteiger partial charge in [0.1, 0.15) is 11.9 Å². The first kappa shape index (κ1) is 14.3. The van der Waals surface area contributed by atoms with Crippen LogP contribution in [0.25, 0.3) is 0 Å². The van der Waals surface area contributed by atoms with Crippen LogP contribution in [0.2, 0.25) is 0 Å². The van der Waals surface area contributed by atoms with Gasteiger partial charge in [-0.15, -0.1) is 11.3 Å². The van der Waals surface area contributed by atoms with E-state index in [2.05, 4.69) is 53.3 Å². The van der Waals surface area contributed by atoms with Crippen LogP contribution >= 0.6 is 11.3 Å². The third-order valence-corrected chi connectivity index (χ3v) is 4.65. The monoisotopic (exact) mass is 277 g/mol. The summed E-state index contributed by atoms with van der Waals surface area (Å²) in [5.74, 6) is 1.83. The molecule has 0 aliphatic carbocycles. The summed E-state index contributed by atoms with van der Waals surface area (Å²) in [6.07, 6.45) is 6.33. The fraction of sp³-hybridized carbons (Fsp3) is 0.533. The minimum Gasteiger partial charge on any atom is -0.336 e. The highest BCUT2D eigenvalue weighted by molar-refractivity contribution is 7.10. The zero-order valence-corrected chi connectivity index (χ0v) is 12.8. The predicted octanol–water partition coefficient (Wildman–Crippen LogP) is 3.60. The van der Waals surface area contributed by atoms with Crippen LogP contribution in [0.5, 0.6) is 0 Å². The lowest BCUT2D eigenvalue weighted by atomic mass is 10.0. The van der Waals surface area contributed by atoms with Crippen LogP contribution in [0.3, 0.4) is 0 Å². The van der Waals surface area contributed by atoms with E-state index in [9.17, 15) is 0 Å². The first-order chi connectivity index (χ1) is 9.26. The summed E-state index contributed by atoms with van der Waals surface area (Å²) in [6, 6.07) is 4.50. The maximum atomic E-state index is 4.51. The molecule has 0 aliphatic rings. The molecule has 3 nitrogen and oxygen atoms in total. The van der Waals surface area contributed by atoms with Crippen molar-refractivity contribution in [1.82, 2.24) is 14.9 Å². The van der Waals surface area contributed by atoms with E-state index in [0.29, 0.717) is 0 Å². The molecule has 0 saturated heterocycles. The van der Waals surface area contributed by atoms with Crippen LogP contribution in [0, 0.1) is 5.92 Å². The van der Waals surface area contributed by atoms with Crippen LogP contribution in [0.15, 0.2) is 29.9 Å². The van der Waals surface area contributed by atoms with Gasteiger partial charge in [0.15, 0.2) is 0 Å². The van der Waals surface area contributed by atoms with Gasteiger partial charge >= 0.3 is 0 Å². The van der Waals surface area contributed by atoms with Crippen LogP contribution in [-0.2, 0) is 7.05 Å². The number of imidazole rings is 1. The Morgan fingerprint density at radius 3 is 2.68 bits per heavy atom. The normalized spacial score (nSPS) is 13.1. The van der Waals surface area contributed by atoms with E-state index >= 15 is 0 Å². The van der Waals surface area contributed by atoms with Crippen molar-refractivity contribution in [3.63, 3.8) is 0 Å². The van der Waals surface area contributed by atoms with Gasteiger partial charge in [-0.3, -0.25) is 0 Å². The van der Waals surface area contributed by atoms with E-state index in [0.717, 1.165) is 18.3 Å². The number of hydrogen-bond donors (Lipinski definition) is 1. The molecule has 1 N–H and O–H groups in total. The van der Waals surface area contributed by atoms with Crippen molar-refractivity contribution in [3.8, 4) is 0 Å². The van der Waals surface area contributed by atoms with Crippen molar-refractivity contribution >= 4 is 11.3 Å². The second-order valence-corrected chi connectivity index (χ2v) is 5.91. The standard InChI is InChI=1S/C15H23N3S/c1-4-12(5-2)11-17-14(13-7-6-10-19-13)15-16-8-9-18(15)3/h6-10,12,14,17H,4-5,11H2,1-3H3. The van der Waals surface area contributed by atoms with Crippen molar-refractivity contribution < 1.29 is 0 Å². The lowest BCUT2D eigenvalue weighted by molar-refractivity contribution is 0.424. The van der Waals surface area contributed by atoms with Gasteiger partial charge in [-0.05, 0) is 23.9 Å². The van der Waals surface area contributed by atoms with Crippen molar-refractivity contribution in [3.05, 3.63) is 40.6 Å². The third-order valence-electron chi connectivity index (χ3n) is 3.71. The molecule has 0 saturated carbocycles. The molecule has 0 fully saturated rings. The summed E-state index contributed by atoms with van der Waals surface area (Å²) in [4.78, 5) is 5.84. The SMILES string of the molecule is CCC(CC)CNC(c1cccs1)c1nccn1C. The maximum Gasteiger partial charge on any atom is 0.131 e. The molecule has 19 heavy (non-hydrogen) atoms. The second-order valence-electron chi connectivity index (χ2n) is 4.94. The van der Waals surface area contributed by atoms with Crippen molar-refractivity contribution in [2.24, 2.45) is 13.0 Å². The predicted molar refractivity (Wildman–Crippen MR) is 81.4 cm³/mol. The van der Waals surface area contributed by atoms with Crippen molar-refractivity contribution in [2.75, 3.05) is 6.54 Å². The summed E-state index contributed by atoms with van der Waals surface area (Å²) in [5, 5.41) is 5.82. The Kier molecular flexibility index (Phi) is 5.16. The molecule has 0 aromatic carbocycles. The zero-order valence-electron chi connectivity index (χ0n) is 12.0. The minimum absolute atomic E-state index is 0.209. The highest BCUT2D eigenvalue weighted by atomic mass is 32.1. The van der Waals surface area contributed by atoms with Gasteiger partial charge in [-0.1, -0.05) is 32.8 Å². The molecule has 1 unspecified atom stereocenters. The van der Waals surface area contributed by atoms with E-state index in [4.69, 9.17) is 0 Å². The first-order valence-corrected chi connectivity index (χ1v) is 7.88. The molecular weight excluding hydrogens is 254 g/mol. The zero-order chi connectivity index (χ0) is 13.7. The molecule has 0 aliphatic heterocycles. The lowest BCUT2D eigenvalue weighted by Crippen LogP contribution is -2.29. The summed E-state index contributed by atoms with van der Waals surface area (Å²) in [5.41, 5.74) is 0. The largest absolute Gasteiger partial charge is 0.336 e. The van der Waals surface area contributed by atoms with Gasteiger partial charge < -0.3 is 9.88 Å². The average molecular weight is 277 g/mol. The van der Waals surface area contributed by atoms with Gasteiger partial charge in [0.25, 0.3) is 0 Å². The lowest BCUT2D eigenvalue weighted by Gasteiger charge is -2.21. The summed E-state index contributed by atoms with van der Waals surface area (Å²) >= 11 is 1.79. The molecule has 2 aromatic heterocycles. The molecule has 1 atom stereocenters. The van der Waals surface area contributed by atoms with Crippen molar-refractivity contribution in [1.29, 1.82) is 0 Å². The van der Waals surface area contributed by atoms with Crippen LogP contribution in [0.1, 0.15) is 43.4 Å². The maximum absolute atomic E-state index is 4.51. The molecule has 104 valence electrons. The average Bonchev–Trinajstić information content (AvgIpc) is 3.07. The molecule has 0 spiro atoms. The van der Waals surface area contributed by atoms with E-state index < -0.39 is 0 Å². The summed E-state index contributed by atoms with van der Waals surface area (Å²) < 4.78 is 2.10. The fourth-order valence-electron chi connectivity index (χ4n) is 2.29. The van der Waals surface area contributed by atoms with Gasteiger partial charge in [0.2, 0.25) is 0 Å². The molecule has 0 radical (unpaired) electrons. The topological polar surface area (TPSA) is 29.9 Å². The second kappa shape index (κ2) is 6.87. The number of thiophene rings is 1. The first-order valence-electron chi connectivity index (χ1n) is 7.00. The van der Waals surface area contributed by atoms with E-state index in [-0.39, 0.29) is 6.04 Å².